The van der Waals surface area contributed by atoms with E-state index >= 15 is 0 Å². The van der Waals surface area contributed by atoms with Crippen molar-refractivity contribution in [2.45, 2.75) is 20.0 Å². The first-order valence-electron chi connectivity index (χ1n) is 9.26. The molecule has 0 bridgehead atoms. The molecule has 3 rings (SSSR count). The van der Waals surface area contributed by atoms with Crippen molar-refractivity contribution in [2.75, 3.05) is 0 Å². The Morgan fingerprint density at radius 1 is 0.828 bits per heavy atom. The molecule has 144 valence electrons. The second-order valence-corrected chi connectivity index (χ2v) is 6.68. The lowest BCUT2D eigenvalue weighted by Crippen LogP contribution is -2.22. The molecule has 0 fully saturated rings. The lowest BCUT2D eigenvalue weighted by atomic mass is 10.0. The molecule has 0 heterocycles. The Labute approximate surface area is 170 Å². The Balaban J connectivity index is 1.70. The minimum Gasteiger partial charge on any atom is -0.352 e. The van der Waals surface area contributed by atoms with E-state index in [9.17, 15) is 9.59 Å². The van der Waals surface area contributed by atoms with Crippen molar-refractivity contribution in [3.05, 3.63) is 95.1 Å². The van der Waals surface area contributed by atoms with E-state index in [4.69, 9.17) is 5.26 Å². The normalized spacial score (nSPS) is 10.1. The molecule has 5 heteroatoms. The van der Waals surface area contributed by atoms with Crippen LogP contribution in [0.2, 0.25) is 0 Å². The molecular formula is C24H21N3O2. The zero-order valence-electron chi connectivity index (χ0n) is 16.1. The molecule has 0 aliphatic rings. The van der Waals surface area contributed by atoms with Crippen molar-refractivity contribution < 1.29 is 9.59 Å². The molecule has 2 N–H and O–H groups in total. The summed E-state index contributed by atoms with van der Waals surface area (Å²) in [5.41, 5.74) is 5.00. The third-order valence-corrected chi connectivity index (χ3v) is 4.46. The lowest BCUT2D eigenvalue weighted by molar-refractivity contribution is -0.119. The number of nitriles is 1. The van der Waals surface area contributed by atoms with Crippen LogP contribution in [0.4, 0.5) is 0 Å². The van der Waals surface area contributed by atoms with Crippen LogP contribution in [0.1, 0.15) is 34.0 Å². The Kier molecular flexibility index (Phi) is 6.39. The number of amides is 2. The number of hydrogen-bond acceptors (Lipinski definition) is 3. The first-order chi connectivity index (χ1) is 14.0. The summed E-state index contributed by atoms with van der Waals surface area (Å²) in [6.07, 6.45) is 0. The second-order valence-electron chi connectivity index (χ2n) is 6.68. The van der Waals surface area contributed by atoms with Crippen LogP contribution in [0.3, 0.4) is 0 Å². The Morgan fingerprint density at radius 2 is 1.48 bits per heavy atom. The summed E-state index contributed by atoms with van der Waals surface area (Å²) in [5, 5.41) is 14.5. The van der Waals surface area contributed by atoms with E-state index in [2.05, 4.69) is 16.7 Å². The lowest BCUT2D eigenvalue weighted by Gasteiger charge is -2.09. The molecule has 0 saturated heterocycles. The third-order valence-electron chi connectivity index (χ3n) is 4.46. The summed E-state index contributed by atoms with van der Waals surface area (Å²) >= 11 is 0. The van der Waals surface area contributed by atoms with E-state index in [1.54, 1.807) is 18.2 Å². The highest BCUT2D eigenvalue weighted by molar-refractivity contribution is 5.95. The average Bonchev–Trinajstić information content (AvgIpc) is 2.76. The van der Waals surface area contributed by atoms with Gasteiger partial charge in [-0.2, -0.15) is 5.26 Å². The van der Waals surface area contributed by atoms with E-state index in [1.165, 1.54) is 6.92 Å². The van der Waals surface area contributed by atoms with Gasteiger partial charge in [-0.25, -0.2) is 0 Å². The van der Waals surface area contributed by atoms with Gasteiger partial charge in [0.05, 0.1) is 11.6 Å². The van der Waals surface area contributed by atoms with Gasteiger partial charge in [-0.05, 0) is 52.6 Å². The van der Waals surface area contributed by atoms with Gasteiger partial charge >= 0.3 is 0 Å². The van der Waals surface area contributed by atoms with Crippen LogP contribution in [-0.4, -0.2) is 11.8 Å². The van der Waals surface area contributed by atoms with E-state index in [1.807, 2.05) is 54.6 Å². The average molecular weight is 383 g/mol. The number of nitrogens with one attached hydrogen (secondary N) is 2. The molecule has 3 aromatic rings. The molecule has 3 aromatic carbocycles. The monoisotopic (exact) mass is 383 g/mol. The topological polar surface area (TPSA) is 82.0 Å². The van der Waals surface area contributed by atoms with Crippen molar-refractivity contribution in [1.82, 2.24) is 10.6 Å². The number of nitrogens with zero attached hydrogens (tertiary/aromatic N) is 1. The van der Waals surface area contributed by atoms with Gasteiger partial charge in [-0.1, -0.05) is 42.5 Å². The molecule has 0 radical (unpaired) electrons. The molecule has 2 amide bonds. The Hall–Kier alpha value is -3.91. The van der Waals surface area contributed by atoms with Crippen LogP contribution in [0.5, 0.6) is 0 Å². The van der Waals surface area contributed by atoms with Crippen molar-refractivity contribution in [3.63, 3.8) is 0 Å². The van der Waals surface area contributed by atoms with E-state index in [-0.39, 0.29) is 11.8 Å². The third kappa shape index (κ3) is 5.53. The molecule has 29 heavy (non-hydrogen) atoms. The van der Waals surface area contributed by atoms with Gasteiger partial charge in [0.1, 0.15) is 0 Å². The molecular weight excluding hydrogens is 362 g/mol. The minimum absolute atomic E-state index is 0.0728. The van der Waals surface area contributed by atoms with Crippen LogP contribution in [0.25, 0.3) is 11.1 Å². The number of carbonyl (C=O) groups excluding carboxylic acids is 2. The quantitative estimate of drug-likeness (QED) is 0.679. The minimum atomic E-state index is -0.161. The van der Waals surface area contributed by atoms with Gasteiger partial charge in [0.15, 0.2) is 0 Å². The fourth-order valence-electron chi connectivity index (χ4n) is 2.91. The number of rotatable bonds is 6. The van der Waals surface area contributed by atoms with Crippen molar-refractivity contribution >= 4 is 11.8 Å². The first-order valence-corrected chi connectivity index (χ1v) is 9.26. The predicted molar refractivity (Wildman–Crippen MR) is 112 cm³/mol. The maximum absolute atomic E-state index is 12.6. The van der Waals surface area contributed by atoms with Crippen molar-refractivity contribution in [2.24, 2.45) is 0 Å². The molecule has 0 atom stereocenters. The van der Waals surface area contributed by atoms with Crippen LogP contribution in [0, 0.1) is 11.3 Å². The zero-order chi connectivity index (χ0) is 20.6. The predicted octanol–water partition coefficient (Wildman–Crippen LogP) is 3.79. The van der Waals surface area contributed by atoms with Crippen LogP contribution >= 0.6 is 0 Å². The second kappa shape index (κ2) is 9.34. The van der Waals surface area contributed by atoms with Gasteiger partial charge in [-0.3, -0.25) is 9.59 Å². The summed E-state index contributed by atoms with van der Waals surface area (Å²) in [5.74, 6) is -0.234. The molecule has 0 aromatic heterocycles. The van der Waals surface area contributed by atoms with Crippen LogP contribution in [0.15, 0.2) is 72.8 Å². The largest absolute Gasteiger partial charge is 0.352 e. The van der Waals surface area contributed by atoms with Gasteiger partial charge < -0.3 is 10.6 Å². The molecule has 0 unspecified atom stereocenters. The highest BCUT2D eigenvalue weighted by Crippen LogP contribution is 2.22. The Bertz CT molecular complexity index is 1070. The highest BCUT2D eigenvalue weighted by atomic mass is 16.2. The Morgan fingerprint density at radius 3 is 2.17 bits per heavy atom. The van der Waals surface area contributed by atoms with Crippen molar-refractivity contribution in [1.29, 1.82) is 5.26 Å². The van der Waals surface area contributed by atoms with Gasteiger partial charge in [0, 0.05) is 25.6 Å². The van der Waals surface area contributed by atoms with Crippen molar-refractivity contribution in [3.8, 4) is 17.2 Å². The zero-order valence-corrected chi connectivity index (χ0v) is 16.1. The van der Waals surface area contributed by atoms with E-state index < -0.39 is 0 Å². The van der Waals surface area contributed by atoms with Crippen LogP contribution in [-0.2, 0) is 17.9 Å². The number of benzene rings is 3. The molecule has 0 spiro atoms. The standard InChI is InChI=1S/C24H21N3O2/c1-17(28)26-16-20-4-2-5-21(12-20)22-6-3-7-23(13-22)24(29)27-15-19-10-8-18(14-25)9-11-19/h2-13H,15-16H2,1H3,(H,26,28)(H,27,29). The summed E-state index contributed by atoms with van der Waals surface area (Å²) < 4.78 is 0. The molecule has 5 nitrogen and oxygen atoms in total. The smallest absolute Gasteiger partial charge is 0.251 e. The van der Waals surface area contributed by atoms with Gasteiger partial charge in [0.25, 0.3) is 5.91 Å². The molecule has 0 aliphatic heterocycles. The summed E-state index contributed by atoms with van der Waals surface area (Å²) in [6.45, 7) is 2.35. The fraction of sp³-hybridized carbons (Fsp3) is 0.125. The first kappa shape index (κ1) is 19.8. The maximum atomic E-state index is 12.6. The number of carbonyl (C=O) groups is 2. The SMILES string of the molecule is CC(=O)NCc1cccc(-c2cccc(C(=O)NCc3ccc(C#N)cc3)c2)c1. The summed E-state index contributed by atoms with van der Waals surface area (Å²) in [7, 11) is 0. The maximum Gasteiger partial charge on any atom is 0.251 e. The molecule has 0 aliphatic carbocycles. The van der Waals surface area contributed by atoms with E-state index in [0.717, 1.165) is 22.3 Å². The summed E-state index contributed by atoms with van der Waals surface area (Å²) in [6, 6.07) is 24.5. The number of hydrogen-bond donors (Lipinski definition) is 2. The van der Waals surface area contributed by atoms with Crippen LogP contribution < -0.4 is 10.6 Å². The summed E-state index contributed by atoms with van der Waals surface area (Å²) in [4.78, 5) is 23.7. The molecule has 0 saturated carbocycles. The highest BCUT2D eigenvalue weighted by Gasteiger charge is 2.08. The van der Waals surface area contributed by atoms with E-state index in [0.29, 0.717) is 24.2 Å². The van der Waals surface area contributed by atoms with Gasteiger partial charge in [0.2, 0.25) is 5.91 Å². The fourth-order valence-corrected chi connectivity index (χ4v) is 2.91. The van der Waals surface area contributed by atoms with Gasteiger partial charge in [-0.15, -0.1) is 0 Å².